The summed E-state index contributed by atoms with van der Waals surface area (Å²) in [6.45, 7) is 3.63. The highest BCUT2D eigenvalue weighted by Gasteiger charge is 2.15. The van der Waals surface area contributed by atoms with E-state index in [1.54, 1.807) is 32.2 Å². The van der Waals surface area contributed by atoms with Gasteiger partial charge in [-0.3, -0.25) is 9.78 Å². The Bertz CT molecular complexity index is 1440. The molecule has 33 heavy (non-hydrogen) atoms. The Labute approximate surface area is 191 Å². The number of benzene rings is 2. The third-order valence-corrected chi connectivity index (χ3v) is 6.32. The molecule has 2 aromatic carbocycles. The van der Waals surface area contributed by atoms with E-state index in [2.05, 4.69) is 20.4 Å². The minimum Gasteiger partial charge on any atom is -0.346 e. The lowest BCUT2D eigenvalue weighted by molar-refractivity contribution is 0.0950. The maximum Gasteiger partial charge on any atom is 0.251 e. The fraction of sp³-hybridized carbons (Fsp3) is 0.167. The van der Waals surface area contributed by atoms with Gasteiger partial charge in [0.2, 0.25) is 11.7 Å². The van der Waals surface area contributed by atoms with Gasteiger partial charge in [-0.15, -0.1) is 0 Å². The van der Waals surface area contributed by atoms with Crippen LogP contribution < -0.4 is 5.32 Å². The first-order valence-corrected chi connectivity index (χ1v) is 12.0. The summed E-state index contributed by atoms with van der Waals surface area (Å²) < 4.78 is 28.9. The number of sulfone groups is 1. The number of aromatic nitrogens is 3. The van der Waals surface area contributed by atoms with Crippen molar-refractivity contribution >= 4 is 15.7 Å². The number of hydrogen-bond acceptors (Lipinski definition) is 7. The summed E-state index contributed by atoms with van der Waals surface area (Å²) in [5.41, 5.74) is 4.24. The van der Waals surface area contributed by atoms with E-state index in [-0.39, 0.29) is 22.9 Å². The van der Waals surface area contributed by atoms with Gasteiger partial charge in [0.1, 0.15) is 0 Å². The minimum absolute atomic E-state index is 0.145. The molecule has 2 heterocycles. The Balaban J connectivity index is 1.51. The van der Waals surface area contributed by atoms with Crippen LogP contribution in [0.1, 0.15) is 27.5 Å². The molecule has 0 radical (unpaired) electrons. The summed E-state index contributed by atoms with van der Waals surface area (Å²) in [5.74, 6) is 0.638. The molecule has 168 valence electrons. The van der Waals surface area contributed by atoms with Gasteiger partial charge >= 0.3 is 0 Å². The van der Waals surface area contributed by atoms with Crippen LogP contribution in [0.3, 0.4) is 0 Å². The molecule has 0 unspecified atom stereocenters. The van der Waals surface area contributed by atoms with Crippen molar-refractivity contribution in [1.29, 1.82) is 0 Å². The Hall–Kier alpha value is -3.85. The summed E-state index contributed by atoms with van der Waals surface area (Å²) in [4.78, 5) is 21.4. The van der Waals surface area contributed by atoms with Crippen molar-refractivity contribution in [2.45, 2.75) is 25.3 Å². The highest BCUT2D eigenvalue weighted by atomic mass is 32.2. The van der Waals surface area contributed by atoms with Crippen molar-refractivity contribution < 1.29 is 17.7 Å². The smallest absolute Gasteiger partial charge is 0.251 e. The van der Waals surface area contributed by atoms with Crippen LogP contribution in [0, 0.1) is 13.8 Å². The van der Waals surface area contributed by atoms with Crippen molar-refractivity contribution in [1.82, 2.24) is 20.4 Å². The monoisotopic (exact) mass is 462 g/mol. The molecule has 0 atom stereocenters. The second kappa shape index (κ2) is 8.95. The normalized spacial score (nSPS) is 11.4. The van der Waals surface area contributed by atoms with Gasteiger partial charge in [0.15, 0.2) is 9.84 Å². The van der Waals surface area contributed by atoms with Crippen LogP contribution in [-0.4, -0.2) is 35.7 Å². The molecule has 2 aromatic heterocycles. The molecule has 0 saturated carbocycles. The molecule has 0 saturated heterocycles. The topological polar surface area (TPSA) is 115 Å². The van der Waals surface area contributed by atoms with Gasteiger partial charge in [-0.1, -0.05) is 29.4 Å². The van der Waals surface area contributed by atoms with Gasteiger partial charge in [-0.25, -0.2) is 8.42 Å². The zero-order valence-corrected chi connectivity index (χ0v) is 19.2. The Morgan fingerprint density at radius 3 is 2.48 bits per heavy atom. The lowest BCUT2D eigenvalue weighted by Gasteiger charge is -2.09. The van der Waals surface area contributed by atoms with E-state index in [1.807, 2.05) is 36.4 Å². The molecule has 9 heteroatoms. The first-order valence-electron chi connectivity index (χ1n) is 10.2. The first kappa shape index (κ1) is 22.3. The van der Waals surface area contributed by atoms with Crippen molar-refractivity contribution in [3.05, 3.63) is 83.5 Å². The molecule has 4 rings (SSSR count). The summed E-state index contributed by atoms with van der Waals surface area (Å²) in [7, 11) is -3.42. The van der Waals surface area contributed by atoms with Crippen molar-refractivity contribution in [3.63, 3.8) is 0 Å². The Morgan fingerprint density at radius 2 is 1.76 bits per heavy atom. The fourth-order valence-electron chi connectivity index (χ4n) is 3.42. The molecule has 0 bridgehead atoms. The van der Waals surface area contributed by atoms with Gasteiger partial charge < -0.3 is 9.84 Å². The van der Waals surface area contributed by atoms with Crippen LogP contribution >= 0.6 is 0 Å². The number of rotatable bonds is 6. The second-order valence-corrected chi connectivity index (χ2v) is 9.67. The van der Waals surface area contributed by atoms with Gasteiger partial charge in [-0.2, -0.15) is 4.98 Å². The standard InChI is InChI=1S/C24H22N4O4S/c1-15-7-8-20(13-22(15)33(3,30)31)24(29)26-14-21-12-18(9-10-25-21)17-5-4-6-19(11-17)23-27-16(2)32-28-23/h4-13H,14H2,1-3H3,(H,26,29). The van der Waals surface area contributed by atoms with Gasteiger partial charge in [0.05, 0.1) is 17.1 Å². The van der Waals surface area contributed by atoms with E-state index >= 15 is 0 Å². The van der Waals surface area contributed by atoms with Gasteiger partial charge in [-0.05, 0) is 53.9 Å². The quantitative estimate of drug-likeness (QED) is 0.464. The van der Waals surface area contributed by atoms with Crippen LogP contribution in [0.4, 0.5) is 0 Å². The van der Waals surface area contributed by atoms with E-state index < -0.39 is 9.84 Å². The first-order chi connectivity index (χ1) is 15.7. The molecule has 0 spiro atoms. The molecule has 0 fully saturated rings. The van der Waals surface area contributed by atoms with Crippen molar-refractivity contribution in [2.24, 2.45) is 0 Å². The molecule has 1 N–H and O–H groups in total. The van der Waals surface area contributed by atoms with E-state index in [0.29, 0.717) is 23.0 Å². The zero-order chi connectivity index (χ0) is 23.6. The van der Waals surface area contributed by atoms with E-state index in [0.717, 1.165) is 22.9 Å². The maximum absolute atomic E-state index is 12.6. The summed E-state index contributed by atoms with van der Waals surface area (Å²) in [6, 6.07) is 16.1. The predicted molar refractivity (Wildman–Crippen MR) is 123 cm³/mol. The van der Waals surface area contributed by atoms with Crippen LogP contribution in [-0.2, 0) is 16.4 Å². The second-order valence-electron chi connectivity index (χ2n) is 7.69. The number of carbonyl (C=O) groups excluding carboxylic acids is 1. The average Bonchev–Trinajstić information content (AvgIpc) is 3.23. The van der Waals surface area contributed by atoms with Crippen LogP contribution in [0.2, 0.25) is 0 Å². The molecule has 8 nitrogen and oxygen atoms in total. The zero-order valence-electron chi connectivity index (χ0n) is 18.4. The summed E-state index contributed by atoms with van der Waals surface area (Å²) in [6.07, 6.45) is 2.80. The van der Waals surface area contributed by atoms with Crippen LogP contribution in [0.15, 0.2) is 70.2 Å². The van der Waals surface area contributed by atoms with E-state index in [9.17, 15) is 13.2 Å². The lowest BCUT2D eigenvalue weighted by Crippen LogP contribution is -2.23. The summed E-state index contributed by atoms with van der Waals surface area (Å²) >= 11 is 0. The molecular weight excluding hydrogens is 440 g/mol. The van der Waals surface area contributed by atoms with Crippen LogP contribution in [0.5, 0.6) is 0 Å². The van der Waals surface area contributed by atoms with Crippen molar-refractivity contribution in [2.75, 3.05) is 6.26 Å². The number of pyridine rings is 1. The van der Waals surface area contributed by atoms with Crippen molar-refractivity contribution in [3.8, 4) is 22.5 Å². The Kier molecular flexibility index (Phi) is 6.06. The Morgan fingerprint density at radius 1 is 1.00 bits per heavy atom. The highest BCUT2D eigenvalue weighted by Crippen LogP contribution is 2.25. The summed E-state index contributed by atoms with van der Waals surface area (Å²) in [5, 5.41) is 6.76. The number of amides is 1. The number of nitrogens with zero attached hydrogens (tertiary/aromatic N) is 3. The fourth-order valence-corrected chi connectivity index (χ4v) is 4.42. The number of nitrogens with one attached hydrogen (secondary N) is 1. The van der Waals surface area contributed by atoms with Gasteiger partial charge in [0, 0.05) is 30.5 Å². The van der Waals surface area contributed by atoms with Crippen LogP contribution in [0.25, 0.3) is 22.5 Å². The highest BCUT2D eigenvalue weighted by molar-refractivity contribution is 7.90. The minimum atomic E-state index is -3.42. The predicted octanol–water partition coefficient (Wildman–Crippen LogP) is 3.75. The molecular formula is C24H22N4O4S. The molecule has 0 aliphatic heterocycles. The molecule has 4 aromatic rings. The molecule has 1 amide bonds. The molecule has 0 aliphatic rings. The van der Waals surface area contributed by atoms with E-state index in [1.165, 1.54) is 6.07 Å². The number of aryl methyl sites for hydroxylation is 2. The third-order valence-electron chi connectivity index (χ3n) is 5.08. The number of hydrogen-bond donors (Lipinski definition) is 1. The molecule has 0 aliphatic carbocycles. The average molecular weight is 463 g/mol. The SMILES string of the molecule is Cc1nc(-c2cccc(-c3ccnc(CNC(=O)c4ccc(C)c(S(C)(=O)=O)c4)c3)c2)no1. The van der Waals surface area contributed by atoms with Gasteiger partial charge in [0.25, 0.3) is 5.91 Å². The lowest BCUT2D eigenvalue weighted by atomic mass is 10.0. The van der Waals surface area contributed by atoms with E-state index in [4.69, 9.17) is 4.52 Å². The third kappa shape index (κ3) is 5.15. The largest absolute Gasteiger partial charge is 0.346 e. The number of carbonyl (C=O) groups is 1. The maximum atomic E-state index is 12.6.